The van der Waals surface area contributed by atoms with Crippen LogP contribution in [0.4, 0.5) is 0 Å². The fraction of sp³-hybridized carbons (Fsp3) is 0.138. The van der Waals surface area contributed by atoms with Crippen LogP contribution in [0.5, 0.6) is 0 Å². The van der Waals surface area contributed by atoms with E-state index in [1.54, 1.807) is 0 Å². The summed E-state index contributed by atoms with van der Waals surface area (Å²) in [5.41, 5.74) is 14.9. The van der Waals surface area contributed by atoms with Crippen molar-refractivity contribution in [2.75, 3.05) is 0 Å². The predicted molar refractivity (Wildman–Crippen MR) is 262 cm³/mol. The molecule has 0 N–H and O–H groups in total. The lowest BCUT2D eigenvalue weighted by atomic mass is 9.86. The zero-order valence-electron chi connectivity index (χ0n) is 36.6. The lowest BCUT2D eigenvalue weighted by molar-refractivity contribution is 0.591. The van der Waals surface area contributed by atoms with Crippen LogP contribution in [0.1, 0.15) is 52.7 Å². The Morgan fingerprint density at radius 2 is 0.714 bits per heavy atom. The maximum Gasteiger partial charge on any atom is 0.162 e. The van der Waals surface area contributed by atoms with Gasteiger partial charge in [0.25, 0.3) is 0 Å². The third-order valence-electron chi connectivity index (χ3n) is 12.0. The first-order chi connectivity index (χ1) is 30.5. The van der Waals surface area contributed by atoms with E-state index in [0.717, 1.165) is 72.9 Å². The number of nitrogens with zero attached hydrogens (tertiary/aromatic N) is 5. The summed E-state index contributed by atoms with van der Waals surface area (Å²) < 4.78 is 2.44. The van der Waals surface area contributed by atoms with Crippen LogP contribution >= 0.6 is 0 Å². The smallest absolute Gasteiger partial charge is 0.162 e. The number of benzene rings is 7. The van der Waals surface area contributed by atoms with E-state index in [9.17, 15) is 0 Å². The molecular weight excluding hydrogens is 767 g/mol. The second kappa shape index (κ2) is 15.8. The minimum Gasteiger partial charge on any atom is -0.308 e. The molecule has 10 aromatic rings. The van der Waals surface area contributed by atoms with Crippen molar-refractivity contribution >= 4 is 21.8 Å². The van der Waals surface area contributed by atoms with Crippen LogP contribution in [0.15, 0.2) is 188 Å². The third-order valence-corrected chi connectivity index (χ3v) is 12.0. The van der Waals surface area contributed by atoms with Crippen molar-refractivity contribution in [1.82, 2.24) is 24.5 Å². The molecule has 5 nitrogen and oxygen atoms in total. The van der Waals surface area contributed by atoms with E-state index in [2.05, 4.69) is 198 Å². The van der Waals surface area contributed by atoms with Gasteiger partial charge in [-0.25, -0.2) is 19.9 Å². The molecular formula is C58H49N5. The maximum absolute atomic E-state index is 5.45. The van der Waals surface area contributed by atoms with Crippen LogP contribution in [0, 0.1) is 0 Å². The van der Waals surface area contributed by atoms with Crippen molar-refractivity contribution < 1.29 is 0 Å². The van der Waals surface area contributed by atoms with E-state index < -0.39 is 0 Å². The van der Waals surface area contributed by atoms with Crippen LogP contribution in [0.3, 0.4) is 0 Å². The Hall–Kier alpha value is -7.50. The molecule has 7 aromatic carbocycles. The molecule has 0 radical (unpaired) electrons. The van der Waals surface area contributed by atoms with Crippen molar-refractivity contribution in [1.29, 1.82) is 0 Å². The molecule has 0 aliphatic heterocycles. The predicted octanol–water partition coefficient (Wildman–Crippen LogP) is 15.0. The van der Waals surface area contributed by atoms with Gasteiger partial charge in [0.05, 0.1) is 39.5 Å². The van der Waals surface area contributed by atoms with Crippen LogP contribution in [-0.2, 0) is 10.8 Å². The van der Waals surface area contributed by atoms with Crippen molar-refractivity contribution in [3.05, 3.63) is 199 Å². The summed E-state index contributed by atoms with van der Waals surface area (Å²) in [5, 5.41) is 2.40. The molecule has 0 aliphatic rings. The van der Waals surface area contributed by atoms with E-state index in [4.69, 9.17) is 19.9 Å². The molecule has 3 heterocycles. The molecule has 0 atom stereocenters. The van der Waals surface area contributed by atoms with Crippen LogP contribution in [-0.4, -0.2) is 24.5 Å². The Balaban J connectivity index is 1.31. The van der Waals surface area contributed by atoms with Gasteiger partial charge in [0.1, 0.15) is 0 Å². The molecule has 0 amide bonds. The highest BCUT2D eigenvalue weighted by molar-refractivity contribution is 6.10. The van der Waals surface area contributed by atoms with E-state index in [-0.39, 0.29) is 10.8 Å². The average molecular weight is 816 g/mol. The van der Waals surface area contributed by atoms with Gasteiger partial charge in [-0.1, -0.05) is 193 Å². The second-order valence-corrected chi connectivity index (χ2v) is 18.4. The molecule has 0 spiro atoms. The highest BCUT2D eigenvalue weighted by Crippen LogP contribution is 2.41. The van der Waals surface area contributed by atoms with Crippen LogP contribution in [0.2, 0.25) is 0 Å². The van der Waals surface area contributed by atoms with Crippen molar-refractivity contribution in [3.8, 4) is 73.5 Å². The molecule has 0 fully saturated rings. The van der Waals surface area contributed by atoms with E-state index in [1.807, 2.05) is 36.4 Å². The first-order valence-electron chi connectivity index (χ1n) is 21.7. The molecule has 63 heavy (non-hydrogen) atoms. The van der Waals surface area contributed by atoms with E-state index in [0.29, 0.717) is 11.6 Å². The Bertz CT molecular complexity index is 3080. The monoisotopic (exact) mass is 815 g/mol. The van der Waals surface area contributed by atoms with Gasteiger partial charge in [0.2, 0.25) is 0 Å². The zero-order valence-corrected chi connectivity index (χ0v) is 36.6. The summed E-state index contributed by atoms with van der Waals surface area (Å²) >= 11 is 0. The Kier molecular flexibility index (Phi) is 9.91. The Morgan fingerprint density at radius 3 is 1.13 bits per heavy atom. The minimum atomic E-state index is -0.0591. The molecule has 0 bridgehead atoms. The quantitative estimate of drug-likeness (QED) is 0.161. The van der Waals surface area contributed by atoms with Gasteiger partial charge in [-0.15, -0.1) is 0 Å². The van der Waals surface area contributed by atoms with Crippen molar-refractivity contribution in [2.45, 2.75) is 52.4 Å². The normalized spacial score (nSPS) is 12.0. The Labute approximate surface area is 369 Å². The summed E-state index contributed by atoms with van der Waals surface area (Å²) in [4.78, 5) is 21.3. The van der Waals surface area contributed by atoms with Gasteiger partial charge >= 0.3 is 0 Å². The first kappa shape index (κ1) is 39.6. The lowest BCUT2D eigenvalue weighted by Crippen LogP contribution is -2.11. The molecule has 0 saturated carbocycles. The number of hydrogen-bond acceptors (Lipinski definition) is 4. The second-order valence-electron chi connectivity index (χ2n) is 18.4. The molecule has 0 aliphatic carbocycles. The van der Waals surface area contributed by atoms with Gasteiger partial charge in [-0.2, -0.15) is 0 Å². The summed E-state index contributed by atoms with van der Waals surface area (Å²) in [5.74, 6) is 1.29. The first-order valence-corrected chi connectivity index (χ1v) is 21.7. The molecule has 3 aromatic heterocycles. The van der Waals surface area contributed by atoms with Crippen LogP contribution < -0.4 is 0 Å². The standard InChI is InChI=1S/C58H49N5/c1-57(2,3)43-28-30-45-46-31-29-44(58(4,5)6)35-54(46)63(53(45)34-43)52-32-27-42(51-37-48(38-19-11-7-12-20-38)59-55(60-51)41-25-17-10-18-26-41)33-47(52)56-61-49(39-21-13-8-14-22-39)36-50(62-56)40-23-15-9-16-24-40/h7-37H,1-6H3. The van der Waals surface area contributed by atoms with Gasteiger partial charge in [0.15, 0.2) is 11.6 Å². The highest BCUT2D eigenvalue weighted by Gasteiger charge is 2.24. The molecule has 0 saturated heterocycles. The van der Waals surface area contributed by atoms with Crippen LogP contribution in [0.25, 0.3) is 95.3 Å². The molecule has 0 unspecified atom stereocenters. The van der Waals surface area contributed by atoms with Crippen molar-refractivity contribution in [2.24, 2.45) is 0 Å². The molecule has 5 heteroatoms. The molecule has 306 valence electrons. The Morgan fingerprint density at radius 1 is 0.333 bits per heavy atom. The number of hydrogen-bond donors (Lipinski definition) is 0. The van der Waals surface area contributed by atoms with Gasteiger partial charge in [-0.3, -0.25) is 0 Å². The maximum atomic E-state index is 5.45. The summed E-state index contributed by atoms with van der Waals surface area (Å²) in [6, 6.07) is 66.2. The topological polar surface area (TPSA) is 56.5 Å². The van der Waals surface area contributed by atoms with Gasteiger partial charge < -0.3 is 4.57 Å². The van der Waals surface area contributed by atoms with Crippen molar-refractivity contribution in [3.63, 3.8) is 0 Å². The third kappa shape index (κ3) is 7.72. The zero-order chi connectivity index (χ0) is 43.3. The molecule has 10 rings (SSSR count). The minimum absolute atomic E-state index is 0.0591. The fourth-order valence-electron chi connectivity index (χ4n) is 8.43. The summed E-state index contributed by atoms with van der Waals surface area (Å²) in [7, 11) is 0. The summed E-state index contributed by atoms with van der Waals surface area (Å²) in [6.07, 6.45) is 0. The van der Waals surface area contributed by atoms with E-state index in [1.165, 1.54) is 21.9 Å². The average Bonchev–Trinajstić information content (AvgIpc) is 3.64. The summed E-state index contributed by atoms with van der Waals surface area (Å²) in [6.45, 7) is 13.7. The van der Waals surface area contributed by atoms with Gasteiger partial charge in [0, 0.05) is 44.2 Å². The van der Waals surface area contributed by atoms with E-state index >= 15 is 0 Å². The number of aromatic nitrogens is 5. The SMILES string of the molecule is CC(C)(C)c1ccc2c3ccc(C(C)(C)C)cc3n(-c3ccc(-c4cc(-c5ccccc5)nc(-c5ccccc5)n4)cc3-c3nc(-c4ccccc4)cc(-c4ccccc4)n3)c2c1. The largest absolute Gasteiger partial charge is 0.308 e. The highest BCUT2D eigenvalue weighted by atomic mass is 15.0. The lowest BCUT2D eigenvalue weighted by Gasteiger charge is -2.21. The van der Waals surface area contributed by atoms with Gasteiger partial charge in [-0.05, 0) is 58.4 Å². The fourth-order valence-corrected chi connectivity index (χ4v) is 8.43. The number of fused-ring (bicyclic) bond motifs is 3. The number of rotatable bonds is 7.